The van der Waals surface area contributed by atoms with E-state index in [9.17, 15) is 14.4 Å². The zero-order chi connectivity index (χ0) is 14.2. The minimum atomic E-state index is -1.22. The summed E-state index contributed by atoms with van der Waals surface area (Å²) in [6, 6.07) is 2.71. The Morgan fingerprint density at radius 3 is 2.68 bits per heavy atom. The molecule has 0 amide bonds. The number of hydrogen-bond acceptors (Lipinski definition) is 4. The number of hydrogen-bond donors (Lipinski definition) is 2. The molecule has 0 atom stereocenters. The van der Waals surface area contributed by atoms with Crippen LogP contribution in [0.4, 0.5) is 0 Å². The summed E-state index contributed by atoms with van der Waals surface area (Å²) < 4.78 is 0.886. The maximum Gasteiger partial charge on any atom is 0.349 e. The fourth-order valence-corrected chi connectivity index (χ4v) is 1.76. The molecule has 0 aliphatic carbocycles. The van der Waals surface area contributed by atoms with Crippen molar-refractivity contribution < 1.29 is 9.90 Å². The average Bonchev–Trinajstić information content (AvgIpc) is 2.32. The van der Waals surface area contributed by atoms with Crippen LogP contribution >= 0.6 is 11.6 Å². The molecule has 19 heavy (non-hydrogen) atoms. The molecule has 2 rings (SSSR count). The highest BCUT2D eigenvalue weighted by molar-refractivity contribution is 6.34. The van der Waals surface area contributed by atoms with Crippen molar-refractivity contribution in [2.24, 2.45) is 0 Å². The van der Waals surface area contributed by atoms with Gasteiger partial charge in [0.15, 0.2) is 0 Å². The maximum absolute atomic E-state index is 11.6. The lowest BCUT2D eigenvalue weighted by Crippen LogP contribution is -2.30. The SMILES string of the molecule is Cc1cc(-n2ncc(=O)[nH]c2=O)cc(C(=O)O)c1Cl. The number of carbonyl (C=O) groups is 1. The van der Waals surface area contributed by atoms with Crippen molar-refractivity contribution in [2.45, 2.75) is 6.92 Å². The van der Waals surface area contributed by atoms with Gasteiger partial charge in [-0.1, -0.05) is 11.6 Å². The van der Waals surface area contributed by atoms with Gasteiger partial charge in [0.1, 0.15) is 6.20 Å². The molecule has 0 unspecified atom stereocenters. The van der Waals surface area contributed by atoms with E-state index < -0.39 is 17.2 Å². The number of benzene rings is 1. The largest absolute Gasteiger partial charge is 0.478 e. The summed E-state index contributed by atoms with van der Waals surface area (Å²) in [4.78, 5) is 35.6. The smallest absolute Gasteiger partial charge is 0.349 e. The zero-order valence-electron chi connectivity index (χ0n) is 9.68. The predicted molar refractivity (Wildman–Crippen MR) is 67.2 cm³/mol. The fourth-order valence-electron chi connectivity index (χ4n) is 1.57. The molecule has 1 aromatic heterocycles. The second-order valence-corrected chi connectivity index (χ2v) is 4.16. The normalized spacial score (nSPS) is 10.4. The van der Waals surface area contributed by atoms with E-state index in [1.807, 2.05) is 4.98 Å². The molecule has 2 N–H and O–H groups in total. The van der Waals surface area contributed by atoms with Gasteiger partial charge in [-0.15, -0.1) is 0 Å². The predicted octanol–water partition coefficient (Wildman–Crippen LogP) is 0.581. The van der Waals surface area contributed by atoms with Gasteiger partial charge in [0.2, 0.25) is 0 Å². The van der Waals surface area contributed by atoms with Crippen LogP contribution in [0, 0.1) is 6.92 Å². The molecule has 7 nitrogen and oxygen atoms in total. The number of H-pyrrole nitrogens is 1. The van der Waals surface area contributed by atoms with Crippen molar-refractivity contribution >= 4 is 17.6 Å². The highest BCUT2D eigenvalue weighted by Gasteiger charge is 2.14. The van der Waals surface area contributed by atoms with E-state index in [2.05, 4.69) is 5.10 Å². The molecule has 0 spiro atoms. The van der Waals surface area contributed by atoms with Gasteiger partial charge in [0, 0.05) is 0 Å². The van der Waals surface area contributed by atoms with Gasteiger partial charge in [0.25, 0.3) is 5.56 Å². The molecule has 0 saturated heterocycles. The molecule has 98 valence electrons. The number of aryl methyl sites for hydroxylation is 1. The summed E-state index contributed by atoms with van der Waals surface area (Å²) in [6.07, 6.45) is 0.922. The molecule has 0 saturated carbocycles. The number of rotatable bonds is 2. The third-order valence-corrected chi connectivity index (χ3v) is 2.93. The lowest BCUT2D eigenvalue weighted by atomic mass is 10.1. The van der Waals surface area contributed by atoms with Gasteiger partial charge in [-0.25, -0.2) is 9.59 Å². The van der Waals surface area contributed by atoms with E-state index in [4.69, 9.17) is 16.7 Å². The van der Waals surface area contributed by atoms with Gasteiger partial charge in [-0.2, -0.15) is 9.78 Å². The van der Waals surface area contributed by atoms with Gasteiger partial charge in [-0.05, 0) is 24.6 Å². The highest BCUT2D eigenvalue weighted by atomic mass is 35.5. The van der Waals surface area contributed by atoms with E-state index in [1.165, 1.54) is 12.1 Å². The van der Waals surface area contributed by atoms with Crippen LogP contribution in [0.15, 0.2) is 27.9 Å². The Morgan fingerprint density at radius 2 is 2.11 bits per heavy atom. The van der Waals surface area contributed by atoms with Gasteiger partial charge >= 0.3 is 11.7 Å². The van der Waals surface area contributed by atoms with E-state index >= 15 is 0 Å². The molecule has 1 aromatic carbocycles. The zero-order valence-corrected chi connectivity index (χ0v) is 10.4. The molecule has 0 fully saturated rings. The Kier molecular flexibility index (Phi) is 3.22. The quantitative estimate of drug-likeness (QED) is 0.838. The van der Waals surface area contributed by atoms with Crippen molar-refractivity contribution in [2.75, 3.05) is 0 Å². The first-order valence-corrected chi connectivity index (χ1v) is 5.50. The van der Waals surface area contributed by atoms with Crippen LogP contribution in [0.2, 0.25) is 5.02 Å². The number of carboxylic acid groups (broad SMARTS) is 1. The molecule has 0 bridgehead atoms. The van der Waals surface area contributed by atoms with Gasteiger partial charge in [-0.3, -0.25) is 9.78 Å². The lowest BCUT2D eigenvalue weighted by Gasteiger charge is -2.08. The Hall–Kier alpha value is -2.41. The van der Waals surface area contributed by atoms with E-state index in [-0.39, 0.29) is 16.3 Å². The van der Waals surface area contributed by atoms with E-state index in [0.717, 1.165) is 10.9 Å². The van der Waals surface area contributed by atoms with Crippen molar-refractivity contribution in [3.8, 4) is 5.69 Å². The number of carboxylic acids is 1. The first-order chi connectivity index (χ1) is 8.90. The van der Waals surface area contributed by atoms with Crippen LogP contribution in [0.3, 0.4) is 0 Å². The minimum Gasteiger partial charge on any atom is -0.478 e. The average molecular weight is 282 g/mol. The van der Waals surface area contributed by atoms with Crippen LogP contribution in [0.5, 0.6) is 0 Å². The van der Waals surface area contributed by atoms with Gasteiger partial charge in [0.05, 0.1) is 16.3 Å². The number of aromatic amines is 1. The maximum atomic E-state index is 11.6. The number of nitrogens with zero attached hydrogens (tertiary/aromatic N) is 2. The molecule has 0 aliphatic heterocycles. The summed E-state index contributed by atoms with van der Waals surface area (Å²) in [5, 5.41) is 12.8. The van der Waals surface area contributed by atoms with Crippen molar-refractivity contribution in [3.63, 3.8) is 0 Å². The second kappa shape index (κ2) is 4.69. The first-order valence-electron chi connectivity index (χ1n) is 5.12. The third kappa shape index (κ3) is 2.41. The fraction of sp³-hybridized carbons (Fsp3) is 0.0909. The molecule has 8 heteroatoms. The van der Waals surface area contributed by atoms with Crippen LogP contribution in [0.25, 0.3) is 5.69 Å². The Morgan fingerprint density at radius 1 is 1.42 bits per heavy atom. The first kappa shape index (κ1) is 13.0. The number of aromatic nitrogens is 3. The Balaban J connectivity index is 2.73. The van der Waals surface area contributed by atoms with Crippen molar-refractivity contribution in [1.29, 1.82) is 0 Å². The lowest BCUT2D eigenvalue weighted by molar-refractivity contribution is 0.0697. The topological polar surface area (TPSA) is 105 Å². The summed E-state index contributed by atoms with van der Waals surface area (Å²) in [7, 11) is 0. The molecule has 0 radical (unpaired) electrons. The summed E-state index contributed by atoms with van der Waals surface area (Å²) in [5.41, 5.74) is -0.843. The van der Waals surface area contributed by atoms with Crippen LogP contribution in [-0.2, 0) is 0 Å². The van der Waals surface area contributed by atoms with Crippen LogP contribution in [-0.4, -0.2) is 25.8 Å². The highest BCUT2D eigenvalue weighted by Crippen LogP contribution is 2.23. The van der Waals surface area contributed by atoms with Crippen LogP contribution < -0.4 is 11.2 Å². The standard InChI is InChI=1S/C11H8ClN3O4/c1-5-2-6(3-7(9(5)12)10(17)18)15-11(19)14-8(16)4-13-15/h2-4H,1H3,(H,17,18)(H,14,16,19). The van der Waals surface area contributed by atoms with Crippen molar-refractivity contribution in [1.82, 2.24) is 14.8 Å². The molecule has 0 aliphatic rings. The number of aromatic carboxylic acids is 1. The third-order valence-electron chi connectivity index (χ3n) is 2.43. The van der Waals surface area contributed by atoms with Crippen LogP contribution in [0.1, 0.15) is 15.9 Å². The Labute approximate surface area is 111 Å². The summed E-state index contributed by atoms with van der Waals surface area (Å²) in [5.74, 6) is -1.22. The molecule has 1 heterocycles. The minimum absolute atomic E-state index is 0.0914. The second-order valence-electron chi connectivity index (χ2n) is 3.78. The molecular weight excluding hydrogens is 274 g/mol. The van der Waals surface area contributed by atoms with Crippen molar-refractivity contribution in [3.05, 3.63) is 55.3 Å². The monoisotopic (exact) mass is 281 g/mol. The molecular formula is C11H8ClN3O4. The van der Waals surface area contributed by atoms with Gasteiger partial charge < -0.3 is 5.11 Å². The van der Waals surface area contributed by atoms with E-state index in [1.54, 1.807) is 6.92 Å². The Bertz CT molecular complexity index is 778. The summed E-state index contributed by atoms with van der Waals surface area (Å²) in [6.45, 7) is 1.61. The molecule has 2 aromatic rings. The number of nitrogens with one attached hydrogen (secondary N) is 1. The summed E-state index contributed by atoms with van der Waals surface area (Å²) >= 11 is 5.87. The number of halogens is 1. The van der Waals surface area contributed by atoms with E-state index in [0.29, 0.717) is 5.56 Å².